The molecule has 1 amide bonds. The topological polar surface area (TPSA) is 50.4 Å². The molecule has 1 aliphatic carbocycles. The van der Waals surface area contributed by atoms with Gasteiger partial charge < -0.3 is 15.4 Å². The van der Waals surface area contributed by atoms with Gasteiger partial charge in [0.2, 0.25) is 5.91 Å². The van der Waals surface area contributed by atoms with Crippen molar-refractivity contribution in [2.24, 2.45) is 5.92 Å². The molecule has 0 heterocycles. The standard InChI is InChI=1S/C14H20N2O2/c1-10(9-18-2)15-12-4-3-5-13(8-12)16-14(17)11-6-7-11/h3-5,8,10-11,15H,6-7,9H2,1-2H3,(H,16,17). The van der Waals surface area contributed by atoms with Crippen LogP contribution in [0, 0.1) is 5.92 Å². The van der Waals surface area contributed by atoms with E-state index in [9.17, 15) is 4.79 Å². The maximum Gasteiger partial charge on any atom is 0.227 e. The Labute approximate surface area is 108 Å². The number of hydrogen-bond acceptors (Lipinski definition) is 3. The van der Waals surface area contributed by atoms with E-state index in [-0.39, 0.29) is 17.9 Å². The molecule has 0 spiro atoms. The quantitative estimate of drug-likeness (QED) is 0.813. The number of carbonyl (C=O) groups excluding carboxylic acids is 1. The highest BCUT2D eigenvalue weighted by Crippen LogP contribution is 2.30. The van der Waals surface area contributed by atoms with E-state index >= 15 is 0 Å². The van der Waals surface area contributed by atoms with Crippen LogP contribution < -0.4 is 10.6 Å². The SMILES string of the molecule is COCC(C)Nc1cccc(NC(=O)C2CC2)c1. The summed E-state index contributed by atoms with van der Waals surface area (Å²) in [6.45, 7) is 2.71. The van der Waals surface area contributed by atoms with Crippen molar-refractivity contribution in [2.75, 3.05) is 24.4 Å². The summed E-state index contributed by atoms with van der Waals surface area (Å²) in [5.41, 5.74) is 1.84. The van der Waals surface area contributed by atoms with Gasteiger partial charge in [0.15, 0.2) is 0 Å². The Hall–Kier alpha value is -1.55. The fraction of sp³-hybridized carbons (Fsp3) is 0.500. The van der Waals surface area contributed by atoms with Gasteiger partial charge >= 0.3 is 0 Å². The molecular weight excluding hydrogens is 228 g/mol. The van der Waals surface area contributed by atoms with E-state index in [1.54, 1.807) is 7.11 Å². The Kier molecular flexibility index (Phi) is 4.20. The van der Waals surface area contributed by atoms with Crippen molar-refractivity contribution in [3.05, 3.63) is 24.3 Å². The third-order valence-electron chi connectivity index (χ3n) is 2.91. The smallest absolute Gasteiger partial charge is 0.227 e. The van der Waals surface area contributed by atoms with E-state index in [4.69, 9.17) is 4.74 Å². The largest absolute Gasteiger partial charge is 0.383 e. The van der Waals surface area contributed by atoms with Crippen LogP contribution in [0.15, 0.2) is 24.3 Å². The number of ether oxygens (including phenoxy) is 1. The fourth-order valence-electron chi connectivity index (χ4n) is 1.85. The Balaban J connectivity index is 1.93. The van der Waals surface area contributed by atoms with Crippen LogP contribution >= 0.6 is 0 Å². The normalized spacial score (nSPS) is 16.1. The second kappa shape index (κ2) is 5.87. The molecule has 0 aliphatic heterocycles. The molecule has 2 rings (SSSR count). The van der Waals surface area contributed by atoms with Crippen molar-refractivity contribution >= 4 is 17.3 Å². The second-order valence-electron chi connectivity index (χ2n) is 4.85. The minimum absolute atomic E-state index is 0.136. The van der Waals surface area contributed by atoms with E-state index in [0.29, 0.717) is 6.61 Å². The van der Waals surface area contributed by atoms with Crippen LogP contribution in [0.1, 0.15) is 19.8 Å². The lowest BCUT2D eigenvalue weighted by atomic mass is 10.2. The molecule has 0 radical (unpaired) electrons. The molecule has 0 aromatic heterocycles. The summed E-state index contributed by atoms with van der Waals surface area (Å²) in [6, 6.07) is 8.02. The number of benzene rings is 1. The van der Waals surface area contributed by atoms with Gasteiger partial charge in [0.05, 0.1) is 6.61 Å². The minimum Gasteiger partial charge on any atom is -0.383 e. The van der Waals surface area contributed by atoms with Gasteiger partial charge in [-0.05, 0) is 38.0 Å². The van der Waals surface area contributed by atoms with Crippen molar-refractivity contribution in [2.45, 2.75) is 25.8 Å². The first-order chi connectivity index (χ1) is 8.69. The molecule has 2 N–H and O–H groups in total. The highest BCUT2D eigenvalue weighted by molar-refractivity contribution is 5.94. The van der Waals surface area contributed by atoms with Gasteiger partial charge in [-0.15, -0.1) is 0 Å². The Morgan fingerprint density at radius 2 is 2.17 bits per heavy atom. The average Bonchev–Trinajstić information content (AvgIpc) is 3.13. The second-order valence-corrected chi connectivity index (χ2v) is 4.85. The summed E-state index contributed by atoms with van der Waals surface area (Å²) in [4.78, 5) is 11.7. The van der Waals surface area contributed by atoms with Crippen LogP contribution in [0.5, 0.6) is 0 Å². The summed E-state index contributed by atoms with van der Waals surface area (Å²) < 4.78 is 5.08. The predicted octanol–water partition coefficient (Wildman–Crippen LogP) is 2.48. The molecule has 4 heteroatoms. The Morgan fingerprint density at radius 1 is 1.44 bits per heavy atom. The summed E-state index contributed by atoms with van der Waals surface area (Å²) >= 11 is 0. The zero-order valence-corrected chi connectivity index (χ0v) is 10.9. The summed E-state index contributed by atoms with van der Waals surface area (Å²) in [6.07, 6.45) is 2.04. The lowest BCUT2D eigenvalue weighted by molar-refractivity contribution is -0.117. The molecule has 1 unspecified atom stereocenters. The van der Waals surface area contributed by atoms with E-state index < -0.39 is 0 Å². The van der Waals surface area contributed by atoms with Crippen molar-refractivity contribution < 1.29 is 9.53 Å². The number of methoxy groups -OCH3 is 1. The van der Waals surface area contributed by atoms with Crippen LogP contribution in [0.3, 0.4) is 0 Å². The first-order valence-corrected chi connectivity index (χ1v) is 6.35. The maximum atomic E-state index is 11.7. The summed E-state index contributed by atoms with van der Waals surface area (Å²) in [5.74, 6) is 0.367. The van der Waals surface area contributed by atoms with Gasteiger partial charge in [-0.3, -0.25) is 4.79 Å². The molecule has 98 valence electrons. The van der Waals surface area contributed by atoms with Crippen molar-refractivity contribution in [1.82, 2.24) is 0 Å². The molecule has 0 bridgehead atoms. The molecule has 18 heavy (non-hydrogen) atoms. The zero-order valence-electron chi connectivity index (χ0n) is 10.9. The summed E-state index contributed by atoms with van der Waals surface area (Å²) in [7, 11) is 1.68. The highest BCUT2D eigenvalue weighted by Gasteiger charge is 2.29. The van der Waals surface area contributed by atoms with E-state index in [0.717, 1.165) is 24.2 Å². The lowest BCUT2D eigenvalue weighted by Crippen LogP contribution is -2.21. The van der Waals surface area contributed by atoms with Crippen molar-refractivity contribution in [3.8, 4) is 0 Å². The predicted molar refractivity (Wildman–Crippen MR) is 72.8 cm³/mol. The molecule has 1 fully saturated rings. The van der Waals surface area contributed by atoms with Gasteiger partial charge in [-0.2, -0.15) is 0 Å². The van der Waals surface area contributed by atoms with Gasteiger partial charge in [0.1, 0.15) is 0 Å². The average molecular weight is 248 g/mol. The third kappa shape index (κ3) is 3.74. The monoisotopic (exact) mass is 248 g/mol. The van der Waals surface area contributed by atoms with Crippen LogP contribution in [0.2, 0.25) is 0 Å². The van der Waals surface area contributed by atoms with Gasteiger partial charge in [-0.1, -0.05) is 6.07 Å². The highest BCUT2D eigenvalue weighted by atomic mass is 16.5. The lowest BCUT2D eigenvalue weighted by Gasteiger charge is -2.15. The van der Waals surface area contributed by atoms with Crippen LogP contribution in [-0.4, -0.2) is 25.7 Å². The molecule has 1 saturated carbocycles. The Morgan fingerprint density at radius 3 is 2.83 bits per heavy atom. The first-order valence-electron chi connectivity index (χ1n) is 6.35. The number of carbonyl (C=O) groups is 1. The summed E-state index contributed by atoms with van der Waals surface area (Å²) in [5, 5.41) is 6.26. The molecule has 0 saturated heterocycles. The van der Waals surface area contributed by atoms with E-state index in [1.165, 1.54) is 0 Å². The van der Waals surface area contributed by atoms with E-state index in [2.05, 4.69) is 17.6 Å². The van der Waals surface area contributed by atoms with E-state index in [1.807, 2.05) is 24.3 Å². The number of rotatable bonds is 6. The molecule has 1 aliphatic rings. The van der Waals surface area contributed by atoms with Crippen LogP contribution in [0.4, 0.5) is 11.4 Å². The molecular formula is C14H20N2O2. The van der Waals surface area contributed by atoms with Crippen LogP contribution in [0.25, 0.3) is 0 Å². The number of anilines is 2. The van der Waals surface area contributed by atoms with Gasteiger partial charge in [-0.25, -0.2) is 0 Å². The number of hydrogen-bond donors (Lipinski definition) is 2. The first kappa shape index (κ1) is 12.9. The maximum absolute atomic E-state index is 11.7. The number of amides is 1. The third-order valence-corrected chi connectivity index (χ3v) is 2.91. The van der Waals surface area contributed by atoms with Gasteiger partial charge in [0, 0.05) is 30.4 Å². The number of nitrogens with one attached hydrogen (secondary N) is 2. The van der Waals surface area contributed by atoms with Crippen LogP contribution in [-0.2, 0) is 9.53 Å². The fourth-order valence-corrected chi connectivity index (χ4v) is 1.85. The Bertz CT molecular complexity index is 416. The molecule has 1 aromatic rings. The van der Waals surface area contributed by atoms with Gasteiger partial charge in [0.25, 0.3) is 0 Å². The molecule has 1 aromatic carbocycles. The van der Waals surface area contributed by atoms with Crippen molar-refractivity contribution in [3.63, 3.8) is 0 Å². The molecule has 4 nitrogen and oxygen atoms in total. The zero-order chi connectivity index (χ0) is 13.0. The molecule has 1 atom stereocenters. The van der Waals surface area contributed by atoms with Crippen molar-refractivity contribution in [1.29, 1.82) is 0 Å². The minimum atomic E-state index is 0.136.